The van der Waals surface area contributed by atoms with Gasteiger partial charge in [-0.05, 0) is 24.1 Å². The van der Waals surface area contributed by atoms with E-state index >= 15 is 0 Å². The van der Waals surface area contributed by atoms with E-state index in [0.29, 0.717) is 6.54 Å². The molecule has 118 valence electrons. The lowest BCUT2D eigenvalue weighted by atomic mass is 10.2. The molecule has 0 unspecified atom stereocenters. The summed E-state index contributed by atoms with van der Waals surface area (Å²) in [6.07, 6.45) is 4.17. The monoisotopic (exact) mass is 337 g/mol. The first-order chi connectivity index (χ1) is 10.6. The molecule has 22 heavy (non-hydrogen) atoms. The van der Waals surface area contributed by atoms with E-state index in [4.69, 9.17) is 0 Å². The van der Waals surface area contributed by atoms with Crippen molar-refractivity contribution in [2.45, 2.75) is 30.8 Å². The zero-order valence-corrected chi connectivity index (χ0v) is 14.2. The lowest BCUT2D eigenvalue weighted by molar-refractivity contribution is 0.236. The highest BCUT2D eigenvalue weighted by molar-refractivity contribution is 7.84. The van der Waals surface area contributed by atoms with E-state index in [9.17, 15) is 9.00 Å². The third-order valence-electron chi connectivity index (χ3n) is 3.17. The number of urea groups is 1. The van der Waals surface area contributed by atoms with Crippen molar-refractivity contribution in [3.8, 4) is 0 Å². The van der Waals surface area contributed by atoms with Gasteiger partial charge in [-0.3, -0.25) is 4.21 Å². The Balaban J connectivity index is 1.85. The standard InChI is InChI=1S/C15H19N3O2S2/c1-3-13(14-16-8-9-21-14)18-15(19)17-10-11-4-6-12(7-5-11)22(2)20/h4-9,13H,3,10H2,1-2H3,(H2,17,18,19)/t13-,22+/m0/s1. The second-order valence-corrected chi connectivity index (χ2v) is 7.06. The molecule has 0 aliphatic heterocycles. The molecule has 0 saturated carbocycles. The van der Waals surface area contributed by atoms with Crippen LogP contribution in [0, 0.1) is 0 Å². The fraction of sp³-hybridized carbons (Fsp3) is 0.333. The second-order valence-electron chi connectivity index (χ2n) is 4.76. The van der Waals surface area contributed by atoms with Gasteiger partial charge in [-0.2, -0.15) is 0 Å². The van der Waals surface area contributed by atoms with Crippen LogP contribution < -0.4 is 10.6 Å². The van der Waals surface area contributed by atoms with Gasteiger partial charge < -0.3 is 10.6 Å². The first-order valence-electron chi connectivity index (χ1n) is 6.96. The van der Waals surface area contributed by atoms with Gasteiger partial charge in [0.15, 0.2) is 0 Å². The molecule has 2 rings (SSSR count). The van der Waals surface area contributed by atoms with Crippen molar-refractivity contribution < 1.29 is 9.00 Å². The van der Waals surface area contributed by atoms with Crippen LogP contribution in [0.4, 0.5) is 4.79 Å². The quantitative estimate of drug-likeness (QED) is 0.851. The zero-order valence-electron chi connectivity index (χ0n) is 12.5. The highest BCUT2D eigenvalue weighted by atomic mass is 32.2. The lowest BCUT2D eigenvalue weighted by Crippen LogP contribution is -2.37. The average molecular weight is 337 g/mol. The largest absolute Gasteiger partial charge is 0.334 e. The number of nitrogens with zero attached hydrogens (tertiary/aromatic N) is 1. The smallest absolute Gasteiger partial charge is 0.315 e. The molecule has 2 aromatic rings. The molecule has 0 aliphatic rings. The van der Waals surface area contributed by atoms with Gasteiger partial charge >= 0.3 is 6.03 Å². The van der Waals surface area contributed by atoms with E-state index in [-0.39, 0.29) is 12.1 Å². The third-order valence-corrected chi connectivity index (χ3v) is 5.00. The number of nitrogens with one attached hydrogen (secondary N) is 2. The highest BCUT2D eigenvalue weighted by Crippen LogP contribution is 2.18. The zero-order chi connectivity index (χ0) is 15.9. The molecule has 0 spiro atoms. The number of carbonyl (C=O) groups is 1. The predicted molar refractivity (Wildman–Crippen MR) is 89.3 cm³/mol. The van der Waals surface area contributed by atoms with Crippen LogP contribution in [-0.2, 0) is 17.3 Å². The molecule has 1 aromatic heterocycles. The first kappa shape index (κ1) is 16.6. The number of rotatable bonds is 6. The van der Waals surface area contributed by atoms with Crippen molar-refractivity contribution in [1.82, 2.24) is 15.6 Å². The fourth-order valence-electron chi connectivity index (χ4n) is 1.94. The van der Waals surface area contributed by atoms with Crippen molar-refractivity contribution in [1.29, 1.82) is 0 Å². The van der Waals surface area contributed by atoms with Gasteiger partial charge in [0.2, 0.25) is 0 Å². The molecule has 2 amide bonds. The summed E-state index contributed by atoms with van der Waals surface area (Å²) in [6, 6.07) is 7.09. The molecule has 0 bridgehead atoms. The minimum absolute atomic E-state index is 0.0649. The molecule has 1 aromatic carbocycles. The Bertz CT molecular complexity index is 627. The van der Waals surface area contributed by atoms with Crippen LogP contribution in [0.1, 0.15) is 30.0 Å². The normalized spacial score (nSPS) is 13.4. The van der Waals surface area contributed by atoms with Gasteiger partial charge in [0.05, 0.1) is 6.04 Å². The molecule has 2 atom stereocenters. The molecule has 0 radical (unpaired) electrons. The van der Waals surface area contributed by atoms with Crippen LogP contribution in [0.25, 0.3) is 0 Å². The number of hydrogen-bond acceptors (Lipinski definition) is 4. The molecule has 5 nitrogen and oxygen atoms in total. The number of benzene rings is 1. The fourth-order valence-corrected chi connectivity index (χ4v) is 3.23. The van der Waals surface area contributed by atoms with E-state index in [1.807, 2.05) is 36.6 Å². The summed E-state index contributed by atoms with van der Waals surface area (Å²) in [4.78, 5) is 17.0. The van der Waals surface area contributed by atoms with Crippen LogP contribution >= 0.6 is 11.3 Å². The Kier molecular flexibility index (Phi) is 6.09. The van der Waals surface area contributed by atoms with Crippen molar-refractivity contribution in [2.75, 3.05) is 6.26 Å². The summed E-state index contributed by atoms with van der Waals surface area (Å²) in [5, 5.41) is 8.55. The molecule has 1 heterocycles. The van der Waals surface area contributed by atoms with Crippen LogP contribution in [0.5, 0.6) is 0 Å². The van der Waals surface area contributed by atoms with Crippen molar-refractivity contribution >= 4 is 28.2 Å². The minimum Gasteiger partial charge on any atom is -0.334 e. The van der Waals surface area contributed by atoms with Gasteiger partial charge in [-0.15, -0.1) is 11.3 Å². The maximum absolute atomic E-state index is 12.0. The molecule has 0 fully saturated rings. The SMILES string of the molecule is CC[C@H](NC(=O)NCc1ccc([S@@](C)=O)cc1)c1nccs1. The topological polar surface area (TPSA) is 71.1 Å². The van der Waals surface area contributed by atoms with E-state index in [0.717, 1.165) is 21.9 Å². The van der Waals surface area contributed by atoms with Crippen LogP contribution in [0.3, 0.4) is 0 Å². The van der Waals surface area contributed by atoms with Crippen LogP contribution in [0.2, 0.25) is 0 Å². The number of hydrogen-bond donors (Lipinski definition) is 2. The van der Waals surface area contributed by atoms with E-state index < -0.39 is 10.8 Å². The Morgan fingerprint density at radius 1 is 1.36 bits per heavy atom. The second kappa shape index (κ2) is 8.05. The van der Waals surface area contributed by atoms with E-state index in [2.05, 4.69) is 15.6 Å². The van der Waals surface area contributed by atoms with Gasteiger partial charge in [-0.1, -0.05) is 19.1 Å². The average Bonchev–Trinajstić information content (AvgIpc) is 3.05. The number of aromatic nitrogens is 1. The summed E-state index contributed by atoms with van der Waals surface area (Å²) >= 11 is 1.53. The molecular weight excluding hydrogens is 318 g/mol. The molecule has 0 aliphatic carbocycles. The Labute approximate surface area is 136 Å². The van der Waals surface area contributed by atoms with Crippen LogP contribution in [0.15, 0.2) is 40.7 Å². The van der Waals surface area contributed by atoms with Crippen molar-refractivity contribution in [2.24, 2.45) is 0 Å². The molecule has 0 saturated heterocycles. The summed E-state index contributed by atoms with van der Waals surface area (Å²) in [5.41, 5.74) is 0.964. The third kappa shape index (κ3) is 4.64. The number of carbonyl (C=O) groups excluding carboxylic acids is 1. The van der Waals surface area contributed by atoms with Gasteiger partial charge in [0.1, 0.15) is 5.01 Å². The Morgan fingerprint density at radius 3 is 2.64 bits per heavy atom. The number of amides is 2. The van der Waals surface area contributed by atoms with Crippen molar-refractivity contribution in [3.63, 3.8) is 0 Å². The maximum atomic E-state index is 12.0. The molecular formula is C15H19N3O2S2. The van der Waals surface area contributed by atoms with Gasteiger partial charge in [0.25, 0.3) is 0 Å². The maximum Gasteiger partial charge on any atom is 0.315 e. The minimum atomic E-state index is -0.982. The number of thiazole rings is 1. The van der Waals surface area contributed by atoms with E-state index in [1.165, 1.54) is 11.3 Å². The Hall–Kier alpha value is -1.73. The Morgan fingerprint density at radius 2 is 2.09 bits per heavy atom. The van der Waals surface area contributed by atoms with Gasteiger partial charge in [-0.25, -0.2) is 9.78 Å². The first-order valence-corrected chi connectivity index (χ1v) is 9.40. The predicted octanol–water partition coefficient (Wildman–Crippen LogP) is 2.83. The summed E-state index contributed by atoms with van der Waals surface area (Å²) in [6.45, 7) is 2.44. The highest BCUT2D eigenvalue weighted by Gasteiger charge is 2.14. The summed E-state index contributed by atoms with van der Waals surface area (Å²) in [7, 11) is -0.982. The molecule has 2 N–H and O–H groups in total. The van der Waals surface area contributed by atoms with Gasteiger partial charge in [0, 0.05) is 40.1 Å². The lowest BCUT2D eigenvalue weighted by Gasteiger charge is -2.15. The van der Waals surface area contributed by atoms with Crippen LogP contribution in [-0.4, -0.2) is 21.5 Å². The van der Waals surface area contributed by atoms with Crippen molar-refractivity contribution in [3.05, 3.63) is 46.4 Å². The summed E-state index contributed by atoms with van der Waals surface area (Å²) < 4.78 is 11.3. The van der Waals surface area contributed by atoms with E-state index in [1.54, 1.807) is 12.5 Å². The molecule has 7 heteroatoms. The summed E-state index contributed by atoms with van der Waals surface area (Å²) in [5.74, 6) is 0.